The lowest BCUT2D eigenvalue weighted by atomic mass is 10.0. The summed E-state index contributed by atoms with van der Waals surface area (Å²) in [6, 6.07) is 6.03. The zero-order valence-electron chi connectivity index (χ0n) is 21.6. The van der Waals surface area contributed by atoms with Gasteiger partial charge in [-0.05, 0) is 18.6 Å². The molecular formula is C27H30N10O. The Balaban J connectivity index is 1.30. The van der Waals surface area contributed by atoms with E-state index in [4.69, 9.17) is 20.1 Å². The molecule has 1 saturated heterocycles. The molecule has 2 aromatic heterocycles. The number of nitrogens with zero attached hydrogens (tertiary/aromatic N) is 8. The fourth-order valence-electron chi connectivity index (χ4n) is 4.64. The number of pyridine rings is 1. The number of hydrogen-bond donors (Lipinski definition) is 2. The van der Waals surface area contributed by atoms with Gasteiger partial charge in [0.05, 0.1) is 41.7 Å². The topological polar surface area (TPSA) is 131 Å². The van der Waals surface area contributed by atoms with Gasteiger partial charge in [-0.1, -0.05) is 6.08 Å². The summed E-state index contributed by atoms with van der Waals surface area (Å²) in [7, 11) is 3.53. The molecule has 38 heavy (non-hydrogen) atoms. The summed E-state index contributed by atoms with van der Waals surface area (Å²) < 4.78 is 7.04. The molecule has 2 N–H and O–H groups in total. The molecule has 3 aliphatic rings. The summed E-state index contributed by atoms with van der Waals surface area (Å²) in [5.41, 5.74) is 4.61. The summed E-state index contributed by atoms with van der Waals surface area (Å²) in [5, 5.41) is 24.6. The van der Waals surface area contributed by atoms with E-state index in [2.05, 4.69) is 37.4 Å². The molecule has 11 nitrogen and oxygen atoms in total. The zero-order chi connectivity index (χ0) is 26.5. The Morgan fingerprint density at radius 3 is 2.68 bits per heavy atom. The van der Waals surface area contributed by atoms with Gasteiger partial charge in [-0.15, -0.1) is 0 Å². The van der Waals surface area contributed by atoms with Gasteiger partial charge in [0, 0.05) is 82.1 Å². The van der Waals surface area contributed by atoms with Crippen LogP contribution in [0.4, 0.5) is 5.82 Å². The summed E-state index contributed by atoms with van der Waals surface area (Å²) >= 11 is 0. The molecule has 0 bridgehead atoms. The lowest BCUT2D eigenvalue weighted by Crippen LogP contribution is -2.47. The van der Waals surface area contributed by atoms with Crippen LogP contribution in [0.2, 0.25) is 0 Å². The van der Waals surface area contributed by atoms with Gasteiger partial charge in [0.15, 0.2) is 5.90 Å². The van der Waals surface area contributed by atoms with Gasteiger partial charge < -0.3 is 20.4 Å². The maximum Gasteiger partial charge on any atom is 0.188 e. The van der Waals surface area contributed by atoms with E-state index in [-0.39, 0.29) is 5.57 Å². The predicted molar refractivity (Wildman–Crippen MR) is 147 cm³/mol. The normalized spacial score (nSPS) is 19.3. The Bertz CT molecular complexity index is 1400. The van der Waals surface area contributed by atoms with Crippen LogP contribution < -0.4 is 10.2 Å². The predicted octanol–water partition coefficient (Wildman–Crippen LogP) is 2.48. The SMILES string of the molecule is COC1=NC(CN2CCN(c3ccc(C4=NC(c5cnn(C)c5)=CN/C4=C(/C#N)C=N)cn3)CC2)=CCC1. The van der Waals surface area contributed by atoms with Crippen LogP contribution >= 0.6 is 0 Å². The number of nitriles is 1. The van der Waals surface area contributed by atoms with Crippen molar-refractivity contribution in [3.8, 4) is 6.07 Å². The van der Waals surface area contributed by atoms with Crippen molar-refractivity contribution in [1.82, 2.24) is 25.0 Å². The molecule has 0 atom stereocenters. The van der Waals surface area contributed by atoms with Crippen molar-refractivity contribution < 1.29 is 4.74 Å². The van der Waals surface area contributed by atoms with Crippen molar-refractivity contribution in [2.45, 2.75) is 12.8 Å². The van der Waals surface area contributed by atoms with Crippen LogP contribution in [0.25, 0.3) is 5.70 Å². The van der Waals surface area contributed by atoms with E-state index in [0.29, 0.717) is 17.1 Å². The monoisotopic (exact) mass is 510 g/mol. The van der Waals surface area contributed by atoms with Gasteiger partial charge in [-0.3, -0.25) is 9.58 Å². The molecule has 194 valence electrons. The highest BCUT2D eigenvalue weighted by Crippen LogP contribution is 2.24. The van der Waals surface area contributed by atoms with Crippen LogP contribution in [0.5, 0.6) is 0 Å². The van der Waals surface area contributed by atoms with Crippen LogP contribution in [0.1, 0.15) is 24.0 Å². The lowest BCUT2D eigenvalue weighted by molar-refractivity contribution is 0.275. The van der Waals surface area contributed by atoms with Gasteiger partial charge in [0.25, 0.3) is 0 Å². The molecule has 0 amide bonds. The minimum Gasteiger partial charge on any atom is -0.484 e. The second-order valence-electron chi connectivity index (χ2n) is 9.19. The number of allylic oxidation sites excluding steroid dienone is 3. The fraction of sp³-hybridized carbons (Fsp3) is 0.333. The van der Waals surface area contributed by atoms with Crippen molar-refractivity contribution in [3.05, 3.63) is 71.1 Å². The first kappa shape index (κ1) is 25.1. The highest BCUT2D eigenvalue weighted by molar-refractivity contribution is 6.18. The Morgan fingerprint density at radius 1 is 1.18 bits per heavy atom. The van der Waals surface area contributed by atoms with E-state index in [0.717, 1.165) is 80.3 Å². The molecule has 2 aromatic rings. The minimum atomic E-state index is 0.195. The molecular weight excluding hydrogens is 480 g/mol. The van der Waals surface area contributed by atoms with Crippen molar-refractivity contribution in [2.75, 3.05) is 44.7 Å². The number of methoxy groups -OCH3 is 1. The van der Waals surface area contributed by atoms with Crippen molar-refractivity contribution in [2.24, 2.45) is 17.0 Å². The molecule has 0 saturated carbocycles. The number of piperazine rings is 1. The minimum absolute atomic E-state index is 0.195. The van der Waals surface area contributed by atoms with Crippen molar-refractivity contribution in [1.29, 1.82) is 10.7 Å². The van der Waals surface area contributed by atoms with E-state index in [1.165, 1.54) is 0 Å². The Kier molecular flexibility index (Phi) is 7.42. The summed E-state index contributed by atoms with van der Waals surface area (Å²) in [4.78, 5) is 18.8. The van der Waals surface area contributed by atoms with Gasteiger partial charge in [0.2, 0.25) is 0 Å². The molecule has 1 fully saturated rings. The molecule has 11 heteroatoms. The number of anilines is 1. The van der Waals surface area contributed by atoms with Crippen LogP contribution in [0.3, 0.4) is 0 Å². The smallest absolute Gasteiger partial charge is 0.188 e. The first-order chi connectivity index (χ1) is 18.6. The largest absolute Gasteiger partial charge is 0.484 e. The third kappa shape index (κ3) is 5.40. The van der Waals surface area contributed by atoms with E-state index in [9.17, 15) is 5.26 Å². The summed E-state index contributed by atoms with van der Waals surface area (Å²) in [6.45, 7) is 4.41. The maximum absolute atomic E-state index is 9.56. The first-order valence-corrected chi connectivity index (χ1v) is 12.5. The van der Waals surface area contributed by atoms with E-state index < -0.39 is 0 Å². The Hall–Kier alpha value is -4.56. The summed E-state index contributed by atoms with van der Waals surface area (Å²) in [6.07, 6.45) is 12.2. The quantitative estimate of drug-likeness (QED) is 0.451. The van der Waals surface area contributed by atoms with Gasteiger partial charge in [-0.25, -0.2) is 15.0 Å². The van der Waals surface area contributed by atoms with Crippen LogP contribution in [-0.2, 0) is 11.8 Å². The average Bonchev–Trinajstić information content (AvgIpc) is 3.41. The third-order valence-electron chi connectivity index (χ3n) is 6.70. The molecule has 5 rings (SSSR count). The van der Waals surface area contributed by atoms with Crippen molar-refractivity contribution in [3.63, 3.8) is 0 Å². The molecule has 0 unspecified atom stereocenters. The number of ether oxygens (including phenoxy) is 1. The fourth-order valence-corrected chi connectivity index (χ4v) is 4.64. The van der Waals surface area contributed by atoms with E-state index in [1.807, 2.05) is 25.4 Å². The van der Waals surface area contributed by atoms with Crippen molar-refractivity contribution >= 4 is 29.3 Å². The Labute approximate surface area is 221 Å². The number of aromatic nitrogens is 3. The van der Waals surface area contributed by atoms with E-state index in [1.54, 1.807) is 30.4 Å². The number of hydrogen-bond acceptors (Lipinski definition) is 10. The van der Waals surface area contributed by atoms with E-state index >= 15 is 0 Å². The molecule has 0 aromatic carbocycles. The standard InChI is InChI=1S/C27H30N10O/c1-35-17-21(15-32-35)23-16-31-26(20(12-28)13-29)27(34-23)19-6-7-24(30-14-19)37-10-8-36(9-11-37)18-22-4-3-5-25(33-22)38-2/h4,6-7,12,14-17,28,31H,3,5,8-11,18H2,1-2H3/b26-20+,28-12?. The molecule has 0 aliphatic carbocycles. The second-order valence-corrected chi connectivity index (χ2v) is 9.19. The third-order valence-corrected chi connectivity index (χ3v) is 6.70. The first-order valence-electron chi connectivity index (χ1n) is 12.5. The molecule has 0 spiro atoms. The summed E-state index contributed by atoms with van der Waals surface area (Å²) in [5.74, 6) is 1.71. The molecule has 5 heterocycles. The van der Waals surface area contributed by atoms with Gasteiger partial charge >= 0.3 is 0 Å². The van der Waals surface area contributed by atoms with Gasteiger partial charge in [-0.2, -0.15) is 10.4 Å². The molecule has 3 aliphatic heterocycles. The van der Waals surface area contributed by atoms with Crippen LogP contribution in [0.15, 0.2) is 70.0 Å². The van der Waals surface area contributed by atoms with Crippen LogP contribution in [-0.4, -0.2) is 77.3 Å². The molecule has 0 radical (unpaired) electrons. The highest BCUT2D eigenvalue weighted by Gasteiger charge is 2.23. The second kappa shape index (κ2) is 11.2. The number of aliphatic imine (C=N–C) groups is 2. The number of nitrogens with one attached hydrogen (secondary N) is 2. The average molecular weight is 511 g/mol. The lowest BCUT2D eigenvalue weighted by Gasteiger charge is -2.35. The van der Waals surface area contributed by atoms with Gasteiger partial charge in [0.1, 0.15) is 11.9 Å². The van der Waals surface area contributed by atoms with Crippen LogP contribution in [0, 0.1) is 16.7 Å². The Morgan fingerprint density at radius 2 is 2.03 bits per heavy atom. The number of aryl methyl sites for hydroxylation is 1. The number of rotatable bonds is 6. The highest BCUT2D eigenvalue weighted by atomic mass is 16.5. The zero-order valence-corrected chi connectivity index (χ0v) is 21.6. The maximum atomic E-state index is 9.56.